The second-order valence-electron chi connectivity index (χ2n) is 6.81. The Morgan fingerprint density at radius 1 is 1.17 bits per heavy atom. The molecule has 2 atom stereocenters. The summed E-state index contributed by atoms with van der Waals surface area (Å²) in [4.78, 5) is 16.6. The number of fused-ring (bicyclic) bond motifs is 1. The molecule has 1 aromatic heterocycles. The second kappa shape index (κ2) is 8.59. The Morgan fingerprint density at radius 3 is 2.55 bits per heavy atom. The van der Waals surface area contributed by atoms with Gasteiger partial charge in [-0.1, -0.05) is 0 Å². The van der Waals surface area contributed by atoms with Crippen molar-refractivity contribution in [3.05, 3.63) is 63.4 Å². The number of halogens is 3. The number of ether oxygens (including phenoxy) is 2. The number of carbonyl (C=O) groups is 1. The molecule has 0 radical (unpaired) electrons. The SMILES string of the molecule is COC(=O)c1ccc2nc(Cc3cc(F)c(Br)cc3F)n([C@@H](C)[C@H](C)OC)c2c1. The van der Waals surface area contributed by atoms with Crippen molar-refractivity contribution in [2.24, 2.45) is 0 Å². The first-order valence-electron chi connectivity index (χ1n) is 9.02. The van der Waals surface area contributed by atoms with E-state index in [2.05, 4.69) is 20.9 Å². The second-order valence-corrected chi connectivity index (χ2v) is 7.66. The van der Waals surface area contributed by atoms with Crippen LogP contribution in [0.5, 0.6) is 0 Å². The zero-order chi connectivity index (χ0) is 21.3. The Morgan fingerprint density at radius 2 is 1.90 bits per heavy atom. The molecule has 0 aliphatic heterocycles. The maximum absolute atomic E-state index is 14.4. The number of aromatic nitrogens is 2. The van der Waals surface area contributed by atoms with E-state index in [-0.39, 0.29) is 28.6 Å². The lowest BCUT2D eigenvalue weighted by Gasteiger charge is -2.23. The number of esters is 1. The molecule has 0 aliphatic rings. The highest BCUT2D eigenvalue weighted by atomic mass is 79.9. The molecule has 0 saturated heterocycles. The van der Waals surface area contributed by atoms with Crippen molar-refractivity contribution in [3.8, 4) is 0 Å². The van der Waals surface area contributed by atoms with Crippen molar-refractivity contribution in [3.63, 3.8) is 0 Å². The van der Waals surface area contributed by atoms with Gasteiger partial charge in [0.15, 0.2) is 0 Å². The van der Waals surface area contributed by atoms with Gasteiger partial charge in [0, 0.05) is 13.5 Å². The van der Waals surface area contributed by atoms with Gasteiger partial charge in [-0.15, -0.1) is 0 Å². The van der Waals surface area contributed by atoms with Gasteiger partial charge in [-0.25, -0.2) is 18.6 Å². The molecule has 154 valence electrons. The van der Waals surface area contributed by atoms with Crippen LogP contribution in [0.15, 0.2) is 34.8 Å². The van der Waals surface area contributed by atoms with Crippen LogP contribution in [-0.4, -0.2) is 35.8 Å². The topological polar surface area (TPSA) is 53.3 Å². The zero-order valence-corrected chi connectivity index (χ0v) is 18.1. The van der Waals surface area contributed by atoms with Gasteiger partial charge in [-0.3, -0.25) is 0 Å². The molecule has 0 fully saturated rings. The molecular weight excluding hydrogens is 446 g/mol. The van der Waals surface area contributed by atoms with Gasteiger partial charge in [-0.2, -0.15) is 0 Å². The van der Waals surface area contributed by atoms with E-state index in [1.807, 2.05) is 18.4 Å². The lowest BCUT2D eigenvalue weighted by Crippen LogP contribution is -2.22. The van der Waals surface area contributed by atoms with Gasteiger partial charge in [-0.05, 0) is 65.7 Å². The van der Waals surface area contributed by atoms with Gasteiger partial charge in [0.05, 0.1) is 40.3 Å². The number of hydrogen-bond acceptors (Lipinski definition) is 4. The van der Waals surface area contributed by atoms with Crippen LogP contribution in [-0.2, 0) is 15.9 Å². The summed E-state index contributed by atoms with van der Waals surface area (Å²) in [5, 5.41) is 0. The molecule has 3 rings (SSSR count). The summed E-state index contributed by atoms with van der Waals surface area (Å²) >= 11 is 2.99. The van der Waals surface area contributed by atoms with Crippen LogP contribution < -0.4 is 0 Å². The maximum Gasteiger partial charge on any atom is 0.337 e. The van der Waals surface area contributed by atoms with Crippen molar-refractivity contribution in [1.29, 1.82) is 0 Å². The molecular formula is C21H21BrF2N2O3. The molecule has 8 heteroatoms. The molecule has 3 aromatic rings. The van der Waals surface area contributed by atoms with Crippen LogP contribution in [0, 0.1) is 11.6 Å². The third kappa shape index (κ3) is 4.18. The highest BCUT2D eigenvalue weighted by Gasteiger charge is 2.23. The molecule has 0 spiro atoms. The average Bonchev–Trinajstić information content (AvgIpc) is 3.07. The number of hydrogen-bond donors (Lipinski definition) is 0. The quantitative estimate of drug-likeness (QED) is 0.376. The first-order valence-corrected chi connectivity index (χ1v) is 9.81. The van der Waals surface area contributed by atoms with Crippen molar-refractivity contribution >= 4 is 32.9 Å². The Bertz CT molecular complexity index is 1070. The first kappa shape index (κ1) is 21.4. The van der Waals surface area contributed by atoms with Gasteiger partial charge < -0.3 is 14.0 Å². The first-order chi connectivity index (χ1) is 13.8. The molecule has 0 saturated carbocycles. The standard InChI is InChI=1S/C21H21BrF2N2O3/c1-11(12(2)28-3)26-19-8-13(21(27)29-4)5-6-18(19)25-20(26)9-14-7-17(24)15(22)10-16(14)23/h5-8,10-12H,9H2,1-4H3/t11-,12-/m0/s1. The lowest BCUT2D eigenvalue weighted by atomic mass is 10.1. The number of carbonyl (C=O) groups excluding carboxylic acids is 1. The lowest BCUT2D eigenvalue weighted by molar-refractivity contribution is 0.0601. The molecule has 1 heterocycles. The van der Waals surface area contributed by atoms with Gasteiger partial charge >= 0.3 is 5.97 Å². The minimum atomic E-state index is -0.546. The molecule has 0 aliphatic carbocycles. The van der Waals surface area contributed by atoms with E-state index in [1.165, 1.54) is 7.11 Å². The third-order valence-corrected chi connectivity index (χ3v) is 5.69. The molecule has 2 aromatic carbocycles. The van der Waals surface area contributed by atoms with Gasteiger partial charge in [0.1, 0.15) is 17.5 Å². The maximum atomic E-state index is 14.4. The number of rotatable bonds is 6. The van der Waals surface area contributed by atoms with Crippen molar-refractivity contribution < 1.29 is 23.0 Å². The van der Waals surface area contributed by atoms with E-state index in [0.29, 0.717) is 22.4 Å². The number of methoxy groups -OCH3 is 2. The molecule has 29 heavy (non-hydrogen) atoms. The van der Waals surface area contributed by atoms with Crippen LogP contribution in [0.25, 0.3) is 11.0 Å². The van der Waals surface area contributed by atoms with Crippen LogP contribution in [0.2, 0.25) is 0 Å². The highest BCUT2D eigenvalue weighted by Crippen LogP contribution is 2.28. The van der Waals surface area contributed by atoms with E-state index in [4.69, 9.17) is 9.47 Å². The molecule has 0 amide bonds. The van der Waals surface area contributed by atoms with E-state index >= 15 is 0 Å². The molecule has 0 bridgehead atoms. The summed E-state index contributed by atoms with van der Waals surface area (Å²) in [6.07, 6.45) is -0.0987. The zero-order valence-electron chi connectivity index (χ0n) is 16.5. The molecule has 0 unspecified atom stereocenters. The molecule has 5 nitrogen and oxygen atoms in total. The van der Waals surface area contributed by atoms with Crippen LogP contribution in [0.4, 0.5) is 8.78 Å². The summed E-state index contributed by atoms with van der Waals surface area (Å²) in [7, 11) is 2.92. The fourth-order valence-corrected chi connectivity index (χ4v) is 3.56. The predicted octanol–water partition coefficient (Wildman–Crippen LogP) is 5.05. The molecule has 0 N–H and O–H groups in total. The Balaban J connectivity index is 2.17. The summed E-state index contributed by atoms with van der Waals surface area (Å²) in [6.45, 7) is 3.85. The van der Waals surface area contributed by atoms with Crippen molar-refractivity contribution in [2.75, 3.05) is 14.2 Å². The predicted molar refractivity (Wildman–Crippen MR) is 109 cm³/mol. The minimum Gasteiger partial charge on any atom is -0.465 e. The van der Waals surface area contributed by atoms with Crippen LogP contribution in [0.1, 0.15) is 41.6 Å². The van der Waals surface area contributed by atoms with Crippen LogP contribution in [0.3, 0.4) is 0 Å². The summed E-state index contributed by atoms with van der Waals surface area (Å²) < 4.78 is 40.6. The van der Waals surface area contributed by atoms with Gasteiger partial charge in [0.25, 0.3) is 0 Å². The van der Waals surface area contributed by atoms with E-state index < -0.39 is 17.6 Å². The highest BCUT2D eigenvalue weighted by molar-refractivity contribution is 9.10. The van der Waals surface area contributed by atoms with E-state index in [0.717, 1.165) is 12.1 Å². The largest absolute Gasteiger partial charge is 0.465 e. The Kier molecular flexibility index (Phi) is 6.33. The fraction of sp³-hybridized carbons (Fsp3) is 0.333. The minimum absolute atomic E-state index is 0.0661. The normalized spacial score (nSPS) is 13.5. The Labute approximate surface area is 175 Å². The third-order valence-electron chi connectivity index (χ3n) is 5.08. The fourth-order valence-electron chi connectivity index (χ4n) is 3.24. The summed E-state index contributed by atoms with van der Waals surface area (Å²) in [6, 6.07) is 7.12. The van der Waals surface area contributed by atoms with E-state index in [9.17, 15) is 13.6 Å². The smallest absolute Gasteiger partial charge is 0.337 e. The van der Waals surface area contributed by atoms with Crippen LogP contribution >= 0.6 is 15.9 Å². The number of nitrogens with zero attached hydrogens (tertiary/aromatic N) is 2. The monoisotopic (exact) mass is 466 g/mol. The number of imidazole rings is 1. The number of benzene rings is 2. The Hall–Kier alpha value is -2.32. The summed E-state index contributed by atoms with van der Waals surface area (Å²) in [5.41, 5.74) is 1.90. The van der Waals surface area contributed by atoms with E-state index in [1.54, 1.807) is 25.3 Å². The average molecular weight is 467 g/mol. The van der Waals surface area contributed by atoms with Crippen molar-refractivity contribution in [2.45, 2.75) is 32.4 Å². The van der Waals surface area contributed by atoms with Gasteiger partial charge in [0.2, 0.25) is 0 Å². The van der Waals surface area contributed by atoms with Crippen molar-refractivity contribution in [1.82, 2.24) is 9.55 Å². The summed E-state index contributed by atoms with van der Waals surface area (Å²) in [5.74, 6) is -0.997.